The highest BCUT2D eigenvalue weighted by Gasteiger charge is 2.43. The standard InChI is InChI=1S/C22H13F7N4O/c23-14-11-12(21(24,25)26)7-8-13(14)19-31-17(16-6-2-4-10-33(16)19)20(34)32-18(22(27,28)29)15-5-1-3-9-30-15/h1-11,18H,(H,32,34). The molecule has 0 saturated carbocycles. The number of hydrogen-bond acceptors (Lipinski definition) is 3. The van der Waals surface area contributed by atoms with Gasteiger partial charge >= 0.3 is 12.4 Å². The fourth-order valence-corrected chi connectivity index (χ4v) is 3.34. The number of imidazole rings is 1. The Morgan fingerprint density at radius 1 is 0.971 bits per heavy atom. The molecule has 0 aliphatic carbocycles. The first-order valence-corrected chi connectivity index (χ1v) is 9.59. The van der Waals surface area contributed by atoms with Crippen LogP contribution >= 0.6 is 0 Å². The van der Waals surface area contributed by atoms with Crippen LogP contribution in [0.25, 0.3) is 16.9 Å². The number of nitrogens with zero attached hydrogens (tertiary/aromatic N) is 3. The molecule has 1 unspecified atom stereocenters. The molecule has 0 spiro atoms. The van der Waals surface area contributed by atoms with E-state index in [2.05, 4.69) is 9.97 Å². The third kappa shape index (κ3) is 4.43. The van der Waals surface area contributed by atoms with E-state index in [9.17, 15) is 35.5 Å². The van der Waals surface area contributed by atoms with Crippen LogP contribution in [0.1, 0.15) is 27.8 Å². The van der Waals surface area contributed by atoms with Crippen molar-refractivity contribution in [2.45, 2.75) is 18.4 Å². The smallest absolute Gasteiger partial charge is 0.334 e. The maximum atomic E-state index is 14.6. The van der Waals surface area contributed by atoms with E-state index >= 15 is 0 Å². The van der Waals surface area contributed by atoms with E-state index in [4.69, 9.17) is 0 Å². The van der Waals surface area contributed by atoms with Crippen molar-refractivity contribution in [3.8, 4) is 11.4 Å². The lowest BCUT2D eigenvalue weighted by Crippen LogP contribution is -2.38. The molecule has 12 heteroatoms. The van der Waals surface area contributed by atoms with Gasteiger partial charge in [0.15, 0.2) is 11.7 Å². The highest BCUT2D eigenvalue weighted by Crippen LogP contribution is 2.34. The largest absolute Gasteiger partial charge is 0.416 e. The fraction of sp³-hybridized carbons (Fsp3) is 0.136. The Morgan fingerprint density at radius 3 is 2.32 bits per heavy atom. The van der Waals surface area contributed by atoms with E-state index in [1.54, 1.807) is 0 Å². The molecule has 4 rings (SSSR count). The van der Waals surface area contributed by atoms with Crippen molar-refractivity contribution in [3.63, 3.8) is 0 Å². The van der Waals surface area contributed by atoms with Crippen molar-refractivity contribution in [2.24, 2.45) is 0 Å². The second-order valence-corrected chi connectivity index (χ2v) is 7.13. The lowest BCUT2D eigenvalue weighted by atomic mass is 10.1. The highest BCUT2D eigenvalue weighted by atomic mass is 19.4. The number of nitrogens with one attached hydrogen (secondary N) is 1. The Bertz CT molecular complexity index is 1350. The van der Waals surface area contributed by atoms with E-state index in [1.165, 1.54) is 40.9 Å². The normalized spacial score (nSPS) is 13.1. The molecule has 5 nitrogen and oxygen atoms in total. The quantitative estimate of drug-likeness (QED) is 0.386. The molecule has 34 heavy (non-hydrogen) atoms. The Kier molecular flexibility index (Phi) is 5.75. The van der Waals surface area contributed by atoms with Crippen LogP contribution < -0.4 is 5.32 Å². The summed E-state index contributed by atoms with van der Waals surface area (Å²) in [4.78, 5) is 20.5. The number of aromatic nitrogens is 3. The van der Waals surface area contributed by atoms with Crippen molar-refractivity contribution in [1.82, 2.24) is 19.7 Å². The zero-order chi connectivity index (χ0) is 24.7. The van der Waals surface area contributed by atoms with Crippen LogP contribution in [0.3, 0.4) is 0 Å². The van der Waals surface area contributed by atoms with Crippen LogP contribution in [-0.2, 0) is 6.18 Å². The van der Waals surface area contributed by atoms with Crippen LogP contribution in [0.4, 0.5) is 30.7 Å². The number of benzene rings is 1. The molecule has 3 heterocycles. The Hall–Kier alpha value is -3.96. The molecule has 4 aromatic rings. The van der Waals surface area contributed by atoms with Gasteiger partial charge in [-0.15, -0.1) is 0 Å². The minimum atomic E-state index is -4.89. The van der Waals surface area contributed by atoms with Crippen LogP contribution in [0.5, 0.6) is 0 Å². The summed E-state index contributed by atoms with van der Waals surface area (Å²) < 4.78 is 95.3. The molecule has 0 bridgehead atoms. The molecule has 0 aliphatic heterocycles. The average Bonchev–Trinajstić information content (AvgIpc) is 3.16. The average molecular weight is 482 g/mol. The van der Waals surface area contributed by atoms with Gasteiger partial charge in [-0.2, -0.15) is 26.3 Å². The van der Waals surface area contributed by atoms with Gasteiger partial charge < -0.3 is 5.32 Å². The van der Waals surface area contributed by atoms with Gasteiger partial charge in [0.05, 0.1) is 22.3 Å². The van der Waals surface area contributed by atoms with E-state index in [0.717, 1.165) is 18.3 Å². The van der Waals surface area contributed by atoms with E-state index in [1.807, 2.05) is 5.32 Å². The number of amides is 1. The zero-order valence-electron chi connectivity index (χ0n) is 16.8. The minimum Gasteiger partial charge on any atom is -0.334 e. The Balaban J connectivity index is 1.77. The molecule has 3 aromatic heterocycles. The Morgan fingerprint density at radius 2 is 1.71 bits per heavy atom. The summed E-state index contributed by atoms with van der Waals surface area (Å²) in [7, 11) is 0. The second kappa shape index (κ2) is 8.43. The molecule has 0 aliphatic rings. The molecular weight excluding hydrogens is 469 g/mol. The van der Waals surface area contributed by atoms with Crippen molar-refractivity contribution in [2.75, 3.05) is 0 Å². The summed E-state index contributed by atoms with van der Waals surface area (Å²) in [6, 6.07) is 7.44. The van der Waals surface area contributed by atoms with Crippen molar-refractivity contribution < 1.29 is 35.5 Å². The van der Waals surface area contributed by atoms with Crippen LogP contribution in [-0.4, -0.2) is 26.5 Å². The number of rotatable bonds is 4. The first-order chi connectivity index (χ1) is 16.0. The molecule has 1 aromatic carbocycles. The summed E-state index contributed by atoms with van der Waals surface area (Å²) in [5, 5.41) is 1.85. The molecule has 0 radical (unpaired) electrons. The summed E-state index contributed by atoms with van der Waals surface area (Å²) in [6.07, 6.45) is -7.18. The number of carbonyl (C=O) groups excluding carboxylic acids is 1. The van der Waals surface area contributed by atoms with E-state index in [-0.39, 0.29) is 23.0 Å². The molecular formula is C22H13F7N4O. The molecule has 0 fully saturated rings. The molecule has 1 amide bonds. The van der Waals surface area contributed by atoms with E-state index in [0.29, 0.717) is 6.07 Å². The van der Waals surface area contributed by atoms with Gasteiger partial charge in [-0.05, 0) is 42.5 Å². The number of hydrogen-bond donors (Lipinski definition) is 1. The van der Waals surface area contributed by atoms with Crippen LogP contribution in [0.2, 0.25) is 0 Å². The van der Waals surface area contributed by atoms with Gasteiger partial charge in [-0.25, -0.2) is 9.37 Å². The third-order valence-corrected chi connectivity index (χ3v) is 4.89. The molecule has 176 valence electrons. The maximum Gasteiger partial charge on any atom is 0.416 e. The van der Waals surface area contributed by atoms with Gasteiger partial charge in [0.1, 0.15) is 11.6 Å². The first-order valence-electron chi connectivity index (χ1n) is 9.59. The second-order valence-electron chi connectivity index (χ2n) is 7.13. The summed E-state index contributed by atoms with van der Waals surface area (Å²) in [5.74, 6) is -2.75. The number of carbonyl (C=O) groups is 1. The summed E-state index contributed by atoms with van der Waals surface area (Å²) in [6.45, 7) is 0. The van der Waals surface area contributed by atoms with Crippen molar-refractivity contribution in [1.29, 1.82) is 0 Å². The topological polar surface area (TPSA) is 59.3 Å². The fourth-order valence-electron chi connectivity index (χ4n) is 3.34. The number of halogens is 7. The SMILES string of the molecule is O=C(NC(c1ccccn1)C(F)(F)F)c1nc(-c2ccc(C(F)(F)F)cc2F)n2ccccc12. The van der Waals surface area contributed by atoms with Gasteiger partial charge in [0, 0.05) is 12.4 Å². The lowest BCUT2D eigenvalue weighted by molar-refractivity contribution is -0.156. The zero-order valence-corrected chi connectivity index (χ0v) is 16.8. The van der Waals surface area contributed by atoms with Gasteiger partial charge in [0.25, 0.3) is 5.91 Å². The summed E-state index contributed by atoms with van der Waals surface area (Å²) >= 11 is 0. The van der Waals surface area contributed by atoms with E-state index < -0.39 is 47.1 Å². The Labute approximate surface area is 186 Å². The number of pyridine rings is 2. The van der Waals surface area contributed by atoms with Gasteiger partial charge in [-0.1, -0.05) is 12.1 Å². The molecule has 1 atom stereocenters. The maximum absolute atomic E-state index is 14.6. The predicted molar refractivity (Wildman–Crippen MR) is 106 cm³/mol. The summed E-state index contributed by atoms with van der Waals surface area (Å²) in [5.41, 5.74) is -2.50. The van der Waals surface area contributed by atoms with Crippen LogP contribution in [0.15, 0.2) is 67.0 Å². The van der Waals surface area contributed by atoms with Crippen LogP contribution in [0, 0.1) is 5.82 Å². The molecule has 1 N–H and O–H groups in total. The first kappa shape index (κ1) is 23.2. The molecule has 0 saturated heterocycles. The third-order valence-electron chi connectivity index (χ3n) is 4.89. The highest BCUT2D eigenvalue weighted by molar-refractivity contribution is 6.00. The lowest BCUT2D eigenvalue weighted by Gasteiger charge is -2.20. The minimum absolute atomic E-state index is 0.0243. The number of fused-ring (bicyclic) bond motifs is 1. The monoisotopic (exact) mass is 482 g/mol. The van der Waals surface area contributed by atoms with Gasteiger partial charge in [-0.3, -0.25) is 14.2 Å². The predicted octanol–water partition coefficient (Wildman–Crippen LogP) is 5.59. The van der Waals surface area contributed by atoms with Crippen molar-refractivity contribution in [3.05, 3.63) is 89.8 Å². The number of alkyl halides is 6. The van der Waals surface area contributed by atoms with Gasteiger partial charge in [0.2, 0.25) is 0 Å². The van der Waals surface area contributed by atoms with Crippen molar-refractivity contribution >= 4 is 11.4 Å².